The van der Waals surface area contributed by atoms with E-state index in [1.807, 2.05) is 0 Å². The van der Waals surface area contributed by atoms with Crippen LogP contribution in [0.4, 0.5) is 17.6 Å². The van der Waals surface area contributed by atoms with Gasteiger partial charge in [-0.3, -0.25) is 4.57 Å². The Morgan fingerprint density at radius 2 is 1.25 bits per heavy atom. The van der Waals surface area contributed by atoms with Gasteiger partial charge >= 0.3 is 7.60 Å². The van der Waals surface area contributed by atoms with Crippen molar-refractivity contribution in [2.45, 2.75) is 39.9 Å². The molecule has 0 aromatic heterocycles. The van der Waals surface area contributed by atoms with Crippen molar-refractivity contribution < 1.29 is 31.2 Å². The largest absolute Gasteiger partial charge is 0.368 e. The molecule has 0 heterocycles. The first-order valence-electron chi connectivity index (χ1n) is 5.89. The summed E-state index contributed by atoms with van der Waals surface area (Å²) in [6.07, 6.45) is -1.46. The number of hydrogen-bond donors (Lipinski definition) is 0. The van der Waals surface area contributed by atoms with Gasteiger partial charge in [-0.25, -0.2) is 17.6 Å². The summed E-state index contributed by atoms with van der Waals surface area (Å²) in [4.78, 5) is 0. The van der Waals surface area contributed by atoms with Gasteiger partial charge in [-0.15, -0.1) is 0 Å². The van der Waals surface area contributed by atoms with Crippen LogP contribution in [-0.2, 0) is 13.6 Å². The van der Waals surface area contributed by atoms with Gasteiger partial charge < -0.3 is 9.05 Å². The Balaban J connectivity index is 3.53. The molecule has 0 aliphatic rings. The summed E-state index contributed by atoms with van der Waals surface area (Å²) in [7, 11) is -4.54. The smallest absolute Gasteiger partial charge is 0.302 e. The zero-order valence-electron chi connectivity index (χ0n) is 11.4. The number of benzene rings is 1. The third kappa shape index (κ3) is 3.59. The Kier molecular flexibility index (Phi) is 5.35. The normalized spacial score (nSPS) is 12.5. The molecule has 1 rings (SSSR count). The lowest BCUT2D eigenvalue weighted by atomic mass is 10.3. The second kappa shape index (κ2) is 6.24. The van der Waals surface area contributed by atoms with Crippen molar-refractivity contribution in [2.24, 2.45) is 0 Å². The second-order valence-electron chi connectivity index (χ2n) is 4.62. The molecule has 114 valence electrons. The predicted octanol–water partition coefficient (Wildman–Crippen LogP) is 3.91. The molecule has 1 aromatic carbocycles. The summed E-state index contributed by atoms with van der Waals surface area (Å²) in [5, 5.41) is -1.35. The molecule has 1 aromatic rings. The zero-order valence-corrected chi connectivity index (χ0v) is 12.3. The van der Waals surface area contributed by atoms with Gasteiger partial charge in [0.05, 0.1) is 12.2 Å². The quantitative estimate of drug-likeness (QED) is 0.469. The van der Waals surface area contributed by atoms with Gasteiger partial charge in [-0.2, -0.15) is 0 Å². The standard InChI is InChI=1S/C12H15F4O3P/c1-6(2)18-20(17,19-7(3)4)12-10(15)8(13)5-9(14)11(12)16/h5-7H,1-4H3. The highest BCUT2D eigenvalue weighted by Gasteiger charge is 2.39. The van der Waals surface area contributed by atoms with Crippen molar-refractivity contribution in [2.75, 3.05) is 0 Å². The molecular formula is C12H15F4O3P. The first kappa shape index (κ1) is 17.1. The second-order valence-corrected chi connectivity index (χ2v) is 6.49. The first-order chi connectivity index (χ1) is 9.08. The van der Waals surface area contributed by atoms with Gasteiger partial charge in [0, 0.05) is 6.07 Å². The fourth-order valence-corrected chi connectivity index (χ4v) is 3.55. The highest BCUT2D eigenvalue weighted by molar-refractivity contribution is 7.62. The van der Waals surface area contributed by atoms with Crippen LogP contribution in [0.25, 0.3) is 0 Å². The maximum Gasteiger partial charge on any atom is 0.368 e. The van der Waals surface area contributed by atoms with Gasteiger partial charge in [-0.05, 0) is 27.7 Å². The number of rotatable bonds is 5. The Labute approximate surface area is 114 Å². The van der Waals surface area contributed by atoms with Crippen LogP contribution >= 0.6 is 7.60 Å². The Bertz CT molecular complexity index is 506. The monoisotopic (exact) mass is 314 g/mol. The summed E-state index contributed by atoms with van der Waals surface area (Å²) >= 11 is 0. The molecule has 20 heavy (non-hydrogen) atoms. The SMILES string of the molecule is CC(C)OP(=O)(OC(C)C)c1c(F)c(F)cc(F)c1F. The average Bonchev–Trinajstić information content (AvgIpc) is 2.23. The van der Waals surface area contributed by atoms with Crippen LogP contribution in [0.1, 0.15) is 27.7 Å². The van der Waals surface area contributed by atoms with E-state index in [1.165, 1.54) is 27.7 Å². The highest BCUT2D eigenvalue weighted by atomic mass is 31.2. The van der Waals surface area contributed by atoms with Crippen molar-refractivity contribution in [3.63, 3.8) is 0 Å². The fourth-order valence-electron chi connectivity index (χ4n) is 1.49. The molecule has 0 N–H and O–H groups in total. The van der Waals surface area contributed by atoms with Crippen LogP contribution in [0.2, 0.25) is 0 Å². The minimum absolute atomic E-state index is 0.0310. The summed E-state index contributed by atoms with van der Waals surface area (Å²) < 4.78 is 76.2. The van der Waals surface area contributed by atoms with E-state index in [0.29, 0.717) is 0 Å². The van der Waals surface area contributed by atoms with Crippen LogP contribution in [0, 0.1) is 23.3 Å². The fraction of sp³-hybridized carbons (Fsp3) is 0.500. The number of hydrogen-bond acceptors (Lipinski definition) is 3. The molecule has 0 bridgehead atoms. The Morgan fingerprint density at radius 3 is 1.55 bits per heavy atom. The van der Waals surface area contributed by atoms with Crippen LogP contribution in [0.5, 0.6) is 0 Å². The van der Waals surface area contributed by atoms with Crippen molar-refractivity contribution in [3.05, 3.63) is 29.3 Å². The molecular weight excluding hydrogens is 299 g/mol. The minimum atomic E-state index is -4.54. The van der Waals surface area contributed by atoms with Crippen molar-refractivity contribution in [1.82, 2.24) is 0 Å². The molecule has 3 nitrogen and oxygen atoms in total. The van der Waals surface area contributed by atoms with Gasteiger partial charge in [0.25, 0.3) is 0 Å². The third-order valence-electron chi connectivity index (χ3n) is 2.06. The molecule has 8 heteroatoms. The lowest BCUT2D eigenvalue weighted by Gasteiger charge is -2.23. The van der Waals surface area contributed by atoms with E-state index in [0.717, 1.165) is 0 Å². The molecule has 0 unspecified atom stereocenters. The highest BCUT2D eigenvalue weighted by Crippen LogP contribution is 2.51. The Morgan fingerprint density at radius 1 is 0.900 bits per heavy atom. The lowest BCUT2D eigenvalue weighted by molar-refractivity contribution is 0.149. The van der Waals surface area contributed by atoms with E-state index >= 15 is 0 Å². The molecule has 0 spiro atoms. The summed E-state index contributed by atoms with van der Waals surface area (Å²) in [5.74, 6) is -6.90. The van der Waals surface area contributed by atoms with E-state index in [-0.39, 0.29) is 6.07 Å². The van der Waals surface area contributed by atoms with E-state index < -0.39 is 48.4 Å². The summed E-state index contributed by atoms with van der Waals surface area (Å²) in [5.41, 5.74) is 0. The van der Waals surface area contributed by atoms with Gasteiger partial charge in [0.2, 0.25) is 0 Å². The van der Waals surface area contributed by atoms with Crippen molar-refractivity contribution in [1.29, 1.82) is 0 Å². The molecule has 0 amide bonds. The van der Waals surface area contributed by atoms with E-state index in [4.69, 9.17) is 9.05 Å². The summed E-state index contributed by atoms with van der Waals surface area (Å²) in [6, 6.07) is 0.0310. The molecule has 0 fully saturated rings. The predicted molar refractivity (Wildman–Crippen MR) is 66.0 cm³/mol. The Hall–Kier alpha value is -0.910. The zero-order chi connectivity index (χ0) is 15.7. The average molecular weight is 314 g/mol. The van der Waals surface area contributed by atoms with Gasteiger partial charge in [0.15, 0.2) is 23.3 Å². The number of halogens is 4. The third-order valence-corrected chi connectivity index (χ3v) is 4.40. The summed E-state index contributed by atoms with van der Waals surface area (Å²) in [6.45, 7) is 5.78. The maximum atomic E-state index is 13.7. The van der Waals surface area contributed by atoms with Gasteiger partial charge in [0.1, 0.15) is 5.30 Å². The van der Waals surface area contributed by atoms with E-state index in [2.05, 4.69) is 0 Å². The first-order valence-corrected chi connectivity index (χ1v) is 7.43. The molecule has 0 radical (unpaired) electrons. The molecule has 0 aliphatic carbocycles. The van der Waals surface area contributed by atoms with E-state index in [1.54, 1.807) is 0 Å². The van der Waals surface area contributed by atoms with Crippen LogP contribution in [0.3, 0.4) is 0 Å². The lowest BCUT2D eigenvalue weighted by Crippen LogP contribution is -2.24. The molecule has 0 atom stereocenters. The topological polar surface area (TPSA) is 35.5 Å². The van der Waals surface area contributed by atoms with Gasteiger partial charge in [-0.1, -0.05) is 0 Å². The van der Waals surface area contributed by atoms with Crippen molar-refractivity contribution >= 4 is 12.9 Å². The molecule has 0 aliphatic heterocycles. The van der Waals surface area contributed by atoms with E-state index in [9.17, 15) is 22.1 Å². The molecule has 0 saturated heterocycles. The molecule has 0 saturated carbocycles. The van der Waals surface area contributed by atoms with Crippen LogP contribution in [0.15, 0.2) is 6.07 Å². The maximum absolute atomic E-state index is 13.7. The van der Waals surface area contributed by atoms with Crippen LogP contribution in [-0.4, -0.2) is 12.2 Å². The minimum Gasteiger partial charge on any atom is -0.302 e. The van der Waals surface area contributed by atoms with Crippen LogP contribution < -0.4 is 5.30 Å². The van der Waals surface area contributed by atoms with Crippen molar-refractivity contribution in [3.8, 4) is 0 Å².